The number of thioether (sulfide) groups is 1. The number of anilines is 1. The van der Waals surface area contributed by atoms with Gasteiger partial charge in [-0.25, -0.2) is 9.37 Å². The summed E-state index contributed by atoms with van der Waals surface area (Å²) < 4.78 is 52.0. The van der Waals surface area contributed by atoms with Gasteiger partial charge in [0.05, 0.1) is 11.3 Å². The zero-order valence-corrected chi connectivity index (χ0v) is 16.9. The monoisotopic (exact) mass is 441 g/mol. The number of carbonyl (C=O) groups is 2. The predicted octanol–water partition coefficient (Wildman–Crippen LogP) is 3.88. The predicted molar refractivity (Wildman–Crippen MR) is 105 cm³/mol. The molecule has 2 heterocycles. The molecule has 0 aliphatic carbocycles. The Morgan fingerprint density at radius 2 is 1.80 bits per heavy atom. The summed E-state index contributed by atoms with van der Waals surface area (Å²) in [5, 5.41) is 0. The second-order valence-electron chi connectivity index (χ2n) is 6.76. The summed E-state index contributed by atoms with van der Waals surface area (Å²) in [6.45, 7) is 3.03. The molecule has 30 heavy (non-hydrogen) atoms. The molecule has 0 atom stereocenters. The number of ketones is 1. The van der Waals surface area contributed by atoms with Crippen LogP contribution >= 0.6 is 11.8 Å². The van der Waals surface area contributed by atoms with Crippen molar-refractivity contribution in [1.29, 1.82) is 0 Å². The zero-order chi connectivity index (χ0) is 21.9. The van der Waals surface area contributed by atoms with E-state index in [1.54, 1.807) is 4.90 Å². The zero-order valence-electron chi connectivity index (χ0n) is 16.1. The highest BCUT2D eigenvalue weighted by atomic mass is 32.2. The van der Waals surface area contributed by atoms with Crippen LogP contribution in [0.3, 0.4) is 0 Å². The van der Waals surface area contributed by atoms with Gasteiger partial charge in [-0.2, -0.15) is 13.2 Å². The van der Waals surface area contributed by atoms with Crippen molar-refractivity contribution in [3.05, 3.63) is 53.5 Å². The first-order valence-electron chi connectivity index (χ1n) is 9.14. The highest BCUT2D eigenvalue weighted by Gasteiger charge is 2.31. The fourth-order valence-electron chi connectivity index (χ4n) is 2.99. The van der Waals surface area contributed by atoms with Crippen molar-refractivity contribution in [2.75, 3.05) is 36.8 Å². The molecule has 1 aromatic carbocycles. The number of hydrogen-bond donors (Lipinski definition) is 0. The van der Waals surface area contributed by atoms with E-state index in [9.17, 15) is 27.2 Å². The molecular formula is C20H19F4N3O2S. The molecular weight excluding hydrogens is 422 g/mol. The molecule has 5 nitrogen and oxygen atoms in total. The largest absolute Gasteiger partial charge is 0.417 e. The quantitative estimate of drug-likeness (QED) is 0.401. The first kappa shape index (κ1) is 22.1. The lowest BCUT2D eigenvalue weighted by molar-refractivity contribution is -0.137. The van der Waals surface area contributed by atoms with Crippen molar-refractivity contribution in [3.8, 4) is 0 Å². The summed E-state index contributed by atoms with van der Waals surface area (Å²) in [6, 6.07) is 6.48. The number of carbonyl (C=O) groups excluding carboxylic acids is 2. The Hall–Kier alpha value is -2.62. The van der Waals surface area contributed by atoms with Crippen LogP contribution < -0.4 is 4.90 Å². The van der Waals surface area contributed by atoms with Crippen molar-refractivity contribution in [1.82, 2.24) is 9.88 Å². The van der Waals surface area contributed by atoms with Gasteiger partial charge < -0.3 is 9.80 Å². The van der Waals surface area contributed by atoms with Crippen LogP contribution in [0.5, 0.6) is 0 Å². The van der Waals surface area contributed by atoms with Crippen LogP contribution in [0, 0.1) is 5.82 Å². The van der Waals surface area contributed by atoms with Gasteiger partial charge >= 0.3 is 6.18 Å². The number of hydrogen-bond acceptors (Lipinski definition) is 5. The average molecular weight is 441 g/mol. The molecule has 1 aliphatic rings. The average Bonchev–Trinajstić information content (AvgIpc) is 2.72. The minimum Gasteiger partial charge on any atom is -0.353 e. The molecule has 10 heteroatoms. The van der Waals surface area contributed by atoms with Crippen LogP contribution in [0.25, 0.3) is 0 Å². The minimum atomic E-state index is -4.43. The number of pyridine rings is 1. The Kier molecular flexibility index (Phi) is 6.64. The van der Waals surface area contributed by atoms with Crippen molar-refractivity contribution in [2.24, 2.45) is 0 Å². The van der Waals surface area contributed by atoms with Crippen molar-refractivity contribution in [3.63, 3.8) is 0 Å². The Balaban J connectivity index is 1.51. The molecule has 1 amide bonds. The van der Waals surface area contributed by atoms with Gasteiger partial charge in [-0.15, -0.1) is 11.8 Å². The first-order chi connectivity index (χ1) is 14.1. The van der Waals surface area contributed by atoms with Gasteiger partial charge in [0.15, 0.2) is 5.78 Å². The second-order valence-corrected chi connectivity index (χ2v) is 7.78. The molecule has 160 valence electrons. The number of aromatic nitrogens is 1. The van der Waals surface area contributed by atoms with E-state index < -0.39 is 17.6 Å². The number of alkyl halides is 3. The van der Waals surface area contributed by atoms with Gasteiger partial charge in [0.1, 0.15) is 11.6 Å². The summed E-state index contributed by atoms with van der Waals surface area (Å²) in [5.74, 6) is -0.456. The van der Waals surface area contributed by atoms with Gasteiger partial charge in [0, 0.05) is 42.8 Å². The van der Waals surface area contributed by atoms with Crippen LogP contribution in [0.2, 0.25) is 0 Å². The fraction of sp³-hybridized carbons (Fsp3) is 0.350. The van der Waals surface area contributed by atoms with Gasteiger partial charge in [-0.05, 0) is 31.2 Å². The smallest absolute Gasteiger partial charge is 0.353 e. The Labute approximate surface area is 175 Å². The second kappa shape index (κ2) is 9.03. The third-order valence-electron chi connectivity index (χ3n) is 4.72. The summed E-state index contributed by atoms with van der Waals surface area (Å²) in [5.41, 5.74) is -0.531. The molecule has 3 rings (SSSR count). The van der Waals surface area contributed by atoms with E-state index in [4.69, 9.17) is 0 Å². The third kappa shape index (κ3) is 5.29. The van der Waals surface area contributed by atoms with Gasteiger partial charge in [0.25, 0.3) is 0 Å². The summed E-state index contributed by atoms with van der Waals surface area (Å²) in [6.07, 6.45) is -3.63. The highest BCUT2D eigenvalue weighted by molar-refractivity contribution is 8.00. The van der Waals surface area contributed by atoms with E-state index in [1.807, 2.05) is 4.90 Å². The summed E-state index contributed by atoms with van der Waals surface area (Å²) >= 11 is 1.06. The van der Waals surface area contributed by atoms with E-state index in [0.717, 1.165) is 30.1 Å². The number of Topliss-reactive ketones (excluding diaryl/α,β-unsaturated/α-hetero) is 1. The lowest BCUT2D eigenvalue weighted by Gasteiger charge is -2.35. The summed E-state index contributed by atoms with van der Waals surface area (Å²) in [7, 11) is 0. The van der Waals surface area contributed by atoms with E-state index in [1.165, 1.54) is 25.1 Å². The molecule has 0 spiro atoms. The van der Waals surface area contributed by atoms with Crippen molar-refractivity contribution in [2.45, 2.75) is 18.0 Å². The normalized spacial score (nSPS) is 14.7. The Bertz CT molecular complexity index is 927. The number of nitrogens with zero attached hydrogens (tertiary/aromatic N) is 3. The molecule has 0 bridgehead atoms. The Morgan fingerprint density at radius 1 is 1.10 bits per heavy atom. The molecule has 1 saturated heterocycles. The minimum absolute atomic E-state index is 0.0505. The Morgan fingerprint density at radius 3 is 2.33 bits per heavy atom. The van der Waals surface area contributed by atoms with Crippen LogP contribution in [-0.4, -0.2) is 53.5 Å². The van der Waals surface area contributed by atoms with Crippen LogP contribution in [0.1, 0.15) is 22.8 Å². The van der Waals surface area contributed by atoms with Crippen molar-refractivity contribution >= 4 is 29.3 Å². The number of halogens is 4. The highest BCUT2D eigenvalue weighted by Crippen LogP contribution is 2.29. The van der Waals surface area contributed by atoms with E-state index in [2.05, 4.69) is 4.98 Å². The molecule has 1 fully saturated rings. The maximum absolute atomic E-state index is 14.1. The lowest BCUT2D eigenvalue weighted by atomic mass is 10.1. The van der Waals surface area contributed by atoms with Gasteiger partial charge in [0.2, 0.25) is 5.91 Å². The first-order valence-corrected chi connectivity index (χ1v) is 10.1. The fourth-order valence-corrected chi connectivity index (χ4v) is 3.82. The number of amides is 1. The maximum atomic E-state index is 14.1. The number of piperazine rings is 1. The molecule has 0 saturated carbocycles. The summed E-state index contributed by atoms with van der Waals surface area (Å²) in [4.78, 5) is 31.3. The van der Waals surface area contributed by atoms with E-state index >= 15 is 0 Å². The standard InChI is InChI=1S/C20H19F4N3O2S/c1-13(28)14-2-4-17(16(21)10-14)30-12-19(29)27-8-6-26(7-9-27)18-5-3-15(11-25-18)20(22,23)24/h2-5,10-11H,6-9,12H2,1H3. The van der Waals surface area contributed by atoms with Crippen LogP contribution in [0.4, 0.5) is 23.4 Å². The topological polar surface area (TPSA) is 53.5 Å². The van der Waals surface area contributed by atoms with E-state index in [0.29, 0.717) is 36.9 Å². The molecule has 1 aromatic heterocycles. The molecule has 0 radical (unpaired) electrons. The molecule has 1 aliphatic heterocycles. The SMILES string of the molecule is CC(=O)c1ccc(SCC(=O)N2CCN(c3ccc(C(F)(F)F)cn3)CC2)c(F)c1. The third-order valence-corrected chi connectivity index (χ3v) is 5.75. The lowest BCUT2D eigenvalue weighted by Crippen LogP contribution is -2.49. The van der Waals surface area contributed by atoms with Crippen LogP contribution in [0.15, 0.2) is 41.4 Å². The van der Waals surface area contributed by atoms with Crippen LogP contribution in [-0.2, 0) is 11.0 Å². The van der Waals surface area contributed by atoms with Gasteiger partial charge in [-0.1, -0.05) is 6.07 Å². The molecule has 0 unspecified atom stereocenters. The molecule has 2 aromatic rings. The molecule has 0 N–H and O–H groups in total. The van der Waals surface area contributed by atoms with Gasteiger partial charge in [-0.3, -0.25) is 9.59 Å². The maximum Gasteiger partial charge on any atom is 0.417 e. The van der Waals surface area contributed by atoms with Crippen molar-refractivity contribution < 1.29 is 27.2 Å². The number of benzene rings is 1. The number of rotatable bonds is 5. The van der Waals surface area contributed by atoms with E-state index in [-0.39, 0.29) is 23.0 Å².